The number of rotatable bonds is 5. The number of aromatic nitrogens is 3. The number of benzene rings is 3. The molecule has 3 aromatic heterocycles. The van der Waals surface area contributed by atoms with E-state index in [1.807, 2.05) is 102 Å². The second-order valence-electron chi connectivity index (χ2n) is 7.51. The molecule has 166 valence electrons. The Hall–Kier alpha value is -3.95. The maximum Gasteiger partial charge on any atom is 2.00 e. The van der Waals surface area contributed by atoms with Crippen LogP contribution >= 0.6 is 0 Å². The Morgan fingerprint density at radius 1 is 0.794 bits per heavy atom. The molecule has 0 aliphatic heterocycles. The molecule has 0 atom stereocenters. The minimum Gasteiger partial charge on any atom is -0.471 e. The van der Waals surface area contributed by atoms with Crippen molar-refractivity contribution in [3.8, 4) is 17.1 Å². The van der Waals surface area contributed by atoms with E-state index in [2.05, 4.69) is 34.5 Å². The van der Waals surface area contributed by atoms with Crippen LogP contribution in [0.25, 0.3) is 28.0 Å². The van der Waals surface area contributed by atoms with Crippen molar-refractivity contribution in [2.24, 2.45) is 0 Å². The molecule has 0 saturated carbocycles. The zero-order chi connectivity index (χ0) is 22.0. The van der Waals surface area contributed by atoms with Gasteiger partial charge >= 0.3 is 21.1 Å². The van der Waals surface area contributed by atoms with E-state index in [1.54, 1.807) is 0 Å². The van der Waals surface area contributed by atoms with Gasteiger partial charge in [-0.15, -0.1) is 18.3 Å². The summed E-state index contributed by atoms with van der Waals surface area (Å²) < 4.78 is 7.43. The fourth-order valence-electron chi connectivity index (χ4n) is 3.88. The van der Waals surface area contributed by atoms with E-state index in [0.29, 0.717) is 0 Å². The van der Waals surface area contributed by atoms with E-state index < -0.39 is 0 Å². The summed E-state index contributed by atoms with van der Waals surface area (Å²) in [4.78, 5) is 7.06. The summed E-state index contributed by atoms with van der Waals surface area (Å²) in [7, 11) is 0. The first-order valence-corrected chi connectivity index (χ1v) is 10.6. The zero-order valence-corrected chi connectivity index (χ0v) is 20.2. The van der Waals surface area contributed by atoms with Gasteiger partial charge in [0.25, 0.3) is 0 Å². The third-order valence-corrected chi connectivity index (χ3v) is 5.41. The summed E-state index contributed by atoms with van der Waals surface area (Å²) in [5.74, 6) is 0.760. The van der Waals surface area contributed by atoms with Crippen LogP contribution < -0.4 is 4.90 Å². The Morgan fingerprint density at radius 2 is 1.62 bits per heavy atom. The van der Waals surface area contributed by atoms with Crippen LogP contribution in [0.5, 0.6) is 0 Å². The minimum absolute atomic E-state index is 0. The van der Waals surface area contributed by atoms with Crippen LogP contribution in [0.15, 0.2) is 114 Å². The molecule has 0 saturated heterocycles. The third-order valence-electron chi connectivity index (χ3n) is 5.41. The standard InChI is InChI=1S/C28H18N4O.Pt/c1-2-10-21(11-3-1)32(23-13-8-12-22(20-23)31-18-6-7-19-31)27-17-9-15-25(29-27)28-24-14-4-5-16-26(24)33-30-28;/h1-18H;/q-2;+2. The quantitative estimate of drug-likeness (QED) is 0.200. The average molecular weight is 622 g/mol. The van der Waals surface area contributed by atoms with E-state index in [4.69, 9.17) is 9.51 Å². The summed E-state index contributed by atoms with van der Waals surface area (Å²) >= 11 is 0. The summed E-state index contributed by atoms with van der Waals surface area (Å²) in [5, 5.41) is 5.22. The molecular formula is C28H18N4OPt. The van der Waals surface area contributed by atoms with Gasteiger partial charge in [-0.25, -0.2) is 4.98 Å². The van der Waals surface area contributed by atoms with Crippen molar-refractivity contribution in [1.29, 1.82) is 0 Å². The van der Waals surface area contributed by atoms with Crippen molar-refractivity contribution in [3.63, 3.8) is 0 Å². The second kappa shape index (κ2) is 9.50. The Bertz CT molecular complexity index is 1530. The molecule has 0 amide bonds. The predicted octanol–water partition coefficient (Wildman–Crippen LogP) is 6.75. The van der Waals surface area contributed by atoms with Crippen molar-refractivity contribution in [1.82, 2.24) is 14.7 Å². The largest absolute Gasteiger partial charge is 2.00 e. The molecule has 34 heavy (non-hydrogen) atoms. The number of hydrogen-bond acceptors (Lipinski definition) is 4. The van der Waals surface area contributed by atoms with Crippen molar-refractivity contribution in [3.05, 3.63) is 122 Å². The van der Waals surface area contributed by atoms with Gasteiger partial charge in [-0.3, -0.25) is 0 Å². The van der Waals surface area contributed by atoms with Crippen molar-refractivity contribution in [2.75, 3.05) is 4.90 Å². The number of pyridine rings is 1. The van der Waals surface area contributed by atoms with Gasteiger partial charge < -0.3 is 14.0 Å². The zero-order valence-electron chi connectivity index (χ0n) is 17.9. The SMILES string of the molecule is [Pt+2].[c-]1c(N(c2ccccc2)c2cccc(-c3noc4ccccc34)n2)cccc1-n1[c-]ccc1. The summed E-state index contributed by atoms with van der Waals surface area (Å²) in [6.07, 6.45) is 5.13. The van der Waals surface area contributed by atoms with E-state index >= 15 is 0 Å². The normalized spacial score (nSPS) is 10.7. The molecule has 0 aliphatic rings. The summed E-state index contributed by atoms with van der Waals surface area (Å²) in [5.41, 5.74) is 4.96. The molecule has 3 aromatic carbocycles. The van der Waals surface area contributed by atoms with Gasteiger partial charge in [0.05, 0.1) is 11.1 Å². The maximum absolute atomic E-state index is 5.51. The molecule has 0 aliphatic carbocycles. The van der Waals surface area contributed by atoms with Crippen LogP contribution in [-0.2, 0) is 21.1 Å². The van der Waals surface area contributed by atoms with Crippen molar-refractivity contribution < 1.29 is 25.6 Å². The molecule has 0 N–H and O–H groups in total. The van der Waals surface area contributed by atoms with Gasteiger partial charge in [-0.1, -0.05) is 53.4 Å². The fourth-order valence-corrected chi connectivity index (χ4v) is 3.88. The molecule has 0 bridgehead atoms. The van der Waals surface area contributed by atoms with E-state index in [-0.39, 0.29) is 21.1 Å². The van der Waals surface area contributed by atoms with Crippen LogP contribution in [0.3, 0.4) is 0 Å². The summed E-state index contributed by atoms with van der Waals surface area (Å²) in [6.45, 7) is 0. The second-order valence-corrected chi connectivity index (χ2v) is 7.51. The smallest absolute Gasteiger partial charge is 0.471 e. The Morgan fingerprint density at radius 3 is 2.47 bits per heavy atom. The number of fused-ring (bicyclic) bond motifs is 1. The predicted molar refractivity (Wildman–Crippen MR) is 129 cm³/mol. The molecule has 0 unspecified atom stereocenters. The van der Waals surface area contributed by atoms with Crippen LogP contribution in [0.4, 0.5) is 17.2 Å². The minimum atomic E-state index is 0. The molecule has 6 heteroatoms. The molecule has 0 radical (unpaired) electrons. The van der Waals surface area contributed by atoms with Gasteiger partial charge in [-0.05, 0) is 36.4 Å². The van der Waals surface area contributed by atoms with E-state index in [1.165, 1.54) is 0 Å². The Kier molecular flexibility index (Phi) is 6.11. The summed E-state index contributed by atoms with van der Waals surface area (Å²) in [6, 6.07) is 37.3. The molecule has 0 spiro atoms. The number of nitrogens with zero attached hydrogens (tertiary/aromatic N) is 4. The average Bonchev–Trinajstić information content (AvgIpc) is 3.56. The Labute approximate surface area is 211 Å². The molecule has 3 heterocycles. The van der Waals surface area contributed by atoms with Gasteiger partial charge in [0, 0.05) is 5.69 Å². The molecule has 6 aromatic rings. The first-order chi connectivity index (χ1) is 16.4. The van der Waals surface area contributed by atoms with Gasteiger partial charge in [0.1, 0.15) is 11.5 Å². The first-order valence-electron chi connectivity index (χ1n) is 10.6. The van der Waals surface area contributed by atoms with Crippen LogP contribution in [0.1, 0.15) is 0 Å². The number of anilines is 3. The van der Waals surface area contributed by atoms with Crippen LogP contribution in [-0.4, -0.2) is 14.7 Å². The molecular weight excluding hydrogens is 603 g/mol. The van der Waals surface area contributed by atoms with Crippen LogP contribution in [0.2, 0.25) is 0 Å². The molecule has 0 fully saturated rings. The van der Waals surface area contributed by atoms with Gasteiger partial charge in [0.2, 0.25) is 0 Å². The number of para-hydroxylation sites is 2. The first kappa shape index (κ1) is 21.9. The van der Waals surface area contributed by atoms with Gasteiger partial charge in [0.15, 0.2) is 5.58 Å². The van der Waals surface area contributed by atoms with Gasteiger partial charge in [-0.2, -0.15) is 30.0 Å². The monoisotopic (exact) mass is 621 g/mol. The fraction of sp³-hybridized carbons (Fsp3) is 0. The van der Waals surface area contributed by atoms with Crippen molar-refractivity contribution >= 4 is 28.2 Å². The topological polar surface area (TPSA) is 47.1 Å². The van der Waals surface area contributed by atoms with Crippen molar-refractivity contribution in [2.45, 2.75) is 0 Å². The Balaban J connectivity index is 0.00000241. The van der Waals surface area contributed by atoms with E-state index in [9.17, 15) is 0 Å². The third kappa shape index (κ3) is 4.07. The van der Waals surface area contributed by atoms with Crippen LogP contribution in [0, 0.1) is 12.3 Å². The molecule has 5 nitrogen and oxygen atoms in total. The van der Waals surface area contributed by atoms with E-state index in [0.717, 1.165) is 45.2 Å². The maximum atomic E-state index is 5.51. The molecule has 6 rings (SSSR count). The number of hydrogen-bond donors (Lipinski definition) is 0.